The van der Waals surface area contributed by atoms with E-state index in [0.29, 0.717) is 36.2 Å². The predicted octanol–water partition coefficient (Wildman–Crippen LogP) is 4.16. The Bertz CT molecular complexity index is 1400. The highest BCUT2D eigenvalue weighted by Crippen LogP contribution is 2.44. The first-order chi connectivity index (χ1) is 18.6. The lowest BCUT2D eigenvalue weighted by Crippen LogP contribution is -2.54. The van der Waals surface area contributed by atoms with E-state index in [9.17, 15) is 37.9 Å². The maximum atomic E-state index is 14.1. The number of allylic oxidation sites excluding steroid dienone is 1. The van der Waals surface area contributed by atoms with E-state index >= 15 is 0 Å². The number of hydrogen-bond acceptors (Lipinski definition) is 5. The molecule has 3 aliphatic rings. The van der Waals surface area contributed by atoms with Crippen molar-refractivity contribution in [3.63, 3.8) is 0 Å². The molecule has 2 aromatic rings. The normalized spacial score (nSPS) is 21.8. The number of benzene rings is 2. The molecule has 3 amide bonds. The zero-order valence-corrected chi connectivity index (χ0v) is 20.8. The topological polar surface area (TPSA) is 105 Å². The van der Waals surface area contributed by atoms with Crippen LogP contribution in [0.5, 0.6) is 0 Å². The van der Waals surface area contributed by atoms with Crippen LogP contribution in [0.25, 0.3) is 0 Å². The van der Waals surface area contributed by atoms with Gasteiger partial charge in [0.15, 0.2) is 5.78 Å². The number of β-amino-alcohol motifs (C(OH)–C–C–N with tert-alkyl or cyclic N) is 1. The van der Waals surface area contributed by atoms with Crippen molar-refractivity contribution in [1.82, 2.24) is 9.80 Å². The molecule has 5 rings (SSSR count). The Morgan fingerprint density at radius 3 is 2.49 bits per heavy atom. The molecule has 0 aromatic heterocycles. The van der Waals surface area contributed by atoms with E-state index in [2.05, 4.69) is 0 Å². The van der Waals surface area contributed by atoms with E-state index in [1.54, 1.807) is 24.3 Å². The molecular formula is C28H25F3N4O4. The van der Waals surface area contributed by atoms with Crippen molar-refractivity contribution in [1.29, 1.82) is 5.26 Å². The molecule has 0 bridgehead atoms. The van der Waals surface area contributed by atoms with Gasteiger partial charge in [-0.2, -0.15) is 18.4 Å². The summed E-state index contributed by atoms with van der Waals surface area (Å²) in [5.74, 6) is -0.709. The van der Waals surface area contributed by atoms with Gasteiger partial charge < -0.3 is 14.9 Å². The van der Waals surface area contributed by atoms with Crippen LogP contribution in [-0.4, -0.2) is 58.4 Å². The number of alkyl halides is 3. The lowest BCUT2D eigenvalue weighted by atomic mass is 9.83. The van der Waals surface area contributed by atoms with Gasteiger partial charge in [-0.15, -0.1) is 0 Å². The Hall–Kier alpha value is -4.17. The van der Waals surface area contributed by atoms with Gasteiger partial charge in [-0.1, -0.05) is 18.2 Å². The average molecular weight is 539 g/mol. The lowest BCUT2D eigenvalue weighted by molar-refractivity contribution is -0.137. The first-order valence-electron chi connectivity index (χ1n) is 12.6. The number of rotatable bonds is 4. The smallest absolute Gasteiger partial charge is 0.391 e. The number of nitriles is 1. The summed E-state index contributed by atoms with van der Waals surface area (Å²) in [6.07, 6.45) is -4.04. The second kappa shape index (κ2) is 10.2. The van der Waals surface area contributed by atoms with Crippen molar-refractivity contribution in [3.8, 4) is 6.07 Å². The van der Waals surface area contributed by atoms with Gasteiger partial charge in [-0.25, -0.2) is 4.79 Å². The summed E-state index contributed by atoms with van der Waals surface area (Å²) in [6, 6.07) is 11.0. The third-order valence-electron chi connectivity index (χ3n) is 7.33. The van der Waals surface area contributed by atoms with Gasteiger partial charge >= 0.3 is 12.2 Å². The highest BCUT2D eigenvalue weighted by molar-refractivity contribution is 6.07. The fourth-order valence-corrected chi connectivity index (χ4v) is 5.45. The number of anilines is 1. The van der Waals surface area contributed by atoms with Gasteiger partial charge in [0.05, 0.1) is 35.0 Å². The highest BCUT2D eigenvalue weighted by Gasteiger charge is 2.46. The number of urea groups is 1. The van der Waals surface area contributed by atoms with Gasteiger partial charge in [-0.3, -0.25) is 14.5 Å². The van der Waals surface area contributed by atoms with E-state index in [1.165, 1.54) is 21.9 Å². The third kappa shape index (κ3) is 5.00. The lowest BCUT2D eigenvalue weighted by Gasteiger charge is -2.45. The number of halogens is 3. The minimum atomic E-state index is -4.65. The molecule has 1 N–H and O–H groups in total. The fraction of sp³-hybridized carbons (Fsp3) is 0.357. The molecular weight excluding hydrogens is 513 g/mol. The number of nitrogens with zero attached hydrogens (tertiary/aromatic N) is 4. The number of amides is 3. The average Bonchev–Trinajstić information content (AvgIpc) is 3.35. The maximum absolute atomic E-state index is 14.1. The molecule has 2 atom stereocenters. The quantitative estimate of drug-likeness (QED) is 0.630. The Morgan fingerprint density at radius 1 is 1.10 bits per heavy atom. The molecule has 1 saturated heterocycles. The summed E-state index contributed by atoms with van der Waals surface area (Å²) in [5, 5.41) is 19.1. The van der Waals surface area contributed by atoms with E-state index in [-0.39, 0.29) is 36.4 Å². The van der Waals surface area contributed by atoms with E-state index in [1.807, 2.05) is 6.07 Å². The van der Waals surface area contributed by atoms with Crippen molar-refractivity contribution >= 4 is 23.4 Å². The van der Waals surface area contributed by atoms with Crippen LogP contribution >= 0.6 is 0 Å². The molecule has 2 aliphatic heterocycles. The van der Waals surface area contributed by atoms with E-state index in [4.69, 9.17) is 0 Å². The SMILES string of the molecule is N#Cc1ccc(C2C3=C(CCCC3=O)N(c3cccc(C(F)(F)F)c3)C(=O)N2CC(=O)N2CCC(O)C2)cc1. The number of carbonyl (C=O) groups is 3. The third-order valence-corrected chi connectivity index (χ3v) is 7.33. The molecule has 2 heterocycles. The van der Waals surface area contributed by atoms with Crippen LogP contribution in [0.15, 0.2) is 59.8 Å². The van der Waals surface area contributed by atoms with Crippen LogP contribution in [0.4, 0.5) is 23.7 Å². The molecule has 0 radical (unpaired) electrons. The van der Waals surface area contributed by atoms with Crippen LogP contribution in [0.3, 0.4) is 0 Å². The first kappa shape index (κ1) is 26.4. The molecule has 8 nitrogen and oxygen atoms in total. The van der Waals surface area contributed by atoms with Crippen molar-refractivity contribution < 1.29 is 32.7 Å². The van der Waals surface area contributed by atoms with Gasteiger partial charge in [-0.05, 0) is 55.2 Å². The van der Waals surface area contributed by atoms with Crippen LogP contribution in [-0.2, 0) is 15.8 Å². The first-order valence-corrected chi connectivity index (χ1v) is 12.6. The fourth-order valence-electron chi connectivity index (χ4n) is 5.45. The zero-order valence-electron chi connectivity index (χ0n) is 20.8. The molecule has 39 heavy (non-hydrogen) atoms. The number of aliphatic hydroxyl groups excluding tert-OH is 1. The van der Waals surface area contributed by atoms with Crippen molar-refractivity contribution in [2.24, 2.45) is 0 Å². The summed E-state index contributed by atoms with van der Waals surface area (Å²) < 4.78 is 40.7. The van der Waals surface area contributed by atoms with E-state index < -0.39 is 42.4 Å². The zero-order chi connectivity index (χ0) is 27.9. The molecule has 11 heteroatoms. The minimum absolute atomic E-state index is 0.0515. The number of ketones is 1. The molecule has 0 spiro atoms. The minimum Gasteiger partial charge on any atom is -0.391 e. The number of hydrogen-bond donors (Lipinski definition) is 1. The second-order valence-corrected chi connectivity index (χ2v) is 9.85. The van der Waals surface area contributed by atoms with Crippen LogP contribution in [0, 0.1) is 11.3 Å². The number of Topliss-reactive ketones (excluding diaryl/α,β-unsaturated/α-hetero) is 1. The number of likely N-dealkylation sites (tertiary alicyclic amines) is 1. The van der Waals surface area contributed by atoms with Crippen LogP contribution in [0.2, 0.25) is 0 Å². The highest BCUT2D eigenvalue weighted by atomic mass is 19.4. The van der Waals surface area contributed by atoms with Crippen molar-refractivity contribution in [2.45, 2.75) is 44.0 Å². The molecule has 0 saturated carbocycles. The Morgan fingerprint density at radius 2 is 1.85 bits per heavy atom. The summed E-state index contributed by atoms with van der Waals surface area (Å²) in [4.78, 5) is 44.5. The summed E-state index contributed by atoms with van der Waals surface area (Å²) in [7, 11) is 0. The van der Waals surface area contributed by atoms with Crippen molar-refractivity contribution in [2.75, 3.05) is 24.5 Å². The monoisotopic (exact) mass is 538 g/mol. The molecule has 2 unspecified atom stereocenters. The van der Waals surface area contributed by atoms with Crippen molar-refractivity contribution in [3.05, 3.63) is 76.5 Å². The second-order valence-electron chi connectivity index (χ2n) is 9.85. The number of aliphatic hydroxyl groups is 1. The summed E-state index contributed by atoms with van der Waals surface area (Å²) in [6.45, 7) is -0.0455. The predicted molar refractivity (Wildman–Crippen MR) is 133 cm³/mol. The van der Waals surface area contributed by atoms with Gasteiger partial charge in [0, 0.05) is 30.8 Å². The molecule has 1 fully saturated rings. The van der Waals surface area contributed by atoms with Gasteiger partial charge in [0.2, 0.25) is 5.91 Å². The standard InChI is InChI=1S/C28H25F3N4O4/c29-28(30,31)19-3-1-4-20(13-19)35-22-5-2-6-23(37)25(22)26(18-9-7-17(14-32)8-10-18)34(27(35)39)16-24(38)33-12-11-21(36)15-33/h1,3-4,7-10,13,21,26,36H,2,5-6,11-12,15-16H2. The van der Waals surface area contributed by atoms with Crippen LogP contribution < -0.4 is 4.90 Å². The number of carbonyl (C=O) groups excluding carboxylic acids is 3. The van der Waals surface area contributed by atoms with Crippen LogP contribution in [0.1, 0.15) is 48.4 Å². The Labute approximate surface area is 222 Å². The van der Waals surface area contributed by atoms with E-state index in [0.717, 1.165) is 17.0 Å². The van der Waals surface area contributed by atoms with Gasteiger partial charge in [0.25, 0.3) is 0 Å². The Balaban J connectivity index is 1.66. The summed E-state index contributed by atoms with van der Waals surface area (Å²) in [5.41, 5.74) is 0.430. The Kier molecular flexibility index (Phi) is 6.91. The molecule has 202 valence electrons. The molecule has 1 aliphatic carbocycles. The molecule has 2 aromatic carbocycles. The van der Waals surface area contributed by atoms with Gasteiger partial charge in [0.1, 0.15) is 6.54 Å². The summed E-state index contributed by atoms with van der Waals surface area (Å²) >= 11 is 0. The maximum Gasteiger partial charge on any atom is 0.416 e. The largest absolute Gasteiger partial charge is 0.416 e.